The second kappa shape index (κ2) is 11.2. The maximum Gasteiger partial charge on any atom is 0.205 e. The predicted molar refractivity (Wildman–Crippen MR) is 129 cm³/mol. The van der Waals surface area contributed by atoms with Gasteiger partial charge in [-0.1, -0.05) is 26.7 Å². The van der Waals surface area contributed by atoms with Gasteiger partial charge in [0.25, 0.3) is 0 Å². The number of anilines is 1. The van der Waals surface area contributed by atoms with E-state index in [9.17, 15) is 4.79 Å². The van der Waals surface area contributed by atoms with Gasteiger partial charge in [-0.25, -0.2) is 4.98 Å². The van der Waals surface area contributed by atoms with Crippen molar-refractivity contribution in [2.24, 2.45) is 5.92 Å². The minimum absolute atomic E-state index is 0.366. The first-order valence-electron chi connectivity index (χ1n) is 11.5. The quantitative estimate of drug-likeness (QED) is 0.372. The molecule has 1 unspecified atom stereocenters. The van der Waals surface area contributed by atoms with E-state index in [-0.39, 0.29) is 0 Å². The Morgan fingerprint density at radius 2 is 1.85 bits per heavy atom. The molecule has 1 aromatic carbocycles. The summed E-state index contributed by atoms with van der Waals surface area (Å²) in [5, 5.41) is 12.0. The van der Waals surface area contributed by atoms with Crippen molar-refractivity contribution < 1.29 is 19.0 Å². The Labute approximate surface area is 194 Å². The van der Waals surface area contributed by atoms with Crippen LogP contribution in [0.1, 0.15) is 58.2 Å². The van der Waals surface area contributed by atoms with Gasteiger partial charge in [0.2, 0.25) is 11.4 Å². The summed E-state index contributed by atoms with van der Waals surface area (Å²) >= 11 is 0. The van der Waals surface area contributed by atoms with Crippen LogP contribution in [-0.4, -0.2) is 53.2 Å². The molecule has 0 aliphatic rings. The number of nitrogens with zero attached hydrogens (tertiary/aromatic N) is 4. The molecule has 0 bridgehead atoms. The summed E-state index contributed by atoms with van der Waals surface area (Å²) in [6.07, 6.45) is 5.21. The fourth-order valence-corrected chi connectivity index (χ4v) is 3.96. The summed E-state index contributed by atoms with van der Waals surface area (Å²) in [6, 6.07) is 1.85. The standard InChI is InChI=1S/C24H35N5O4/c1-7-15(2)13-17(30)11-9-8-10-12-25-23-24-28-27-16(3)29(24)18-14-19(31-4)21(32-5)22(33-6)20(18)26-23/h14-15H,7-13H2,1-6H3,(H,25,26). The van der Waals surface area contributed by atoms with Crippen molar-refractivity contribution in [1.29, 1.82) is 0 Å². The molecule has 9 heteroatoms. The number of fused-ring (bicyclic) bond motifs is 3. The summed E-state index contributed by atoms with van der Waals surface area (Å²) in [7, 11) is 4.74. The number of benzene rings is 1. The number of aryl methyl sites for hydroxylation is 1. The maximum atomic E-state index is 12.0. The van der Waals surface area contributed by atoms with Gasteiger partial charge >= 0.3 is 0 Å². The highest BCUT2D eigenvalue weighted by Gasteiger charge is 2.22. The van der Waals surface area contributed by atoms with Crippen LogP contribution in [0.5, 0.6) is 17.2 Å². The monoisotopic (exact) mass is 457 g/mol. The lowest BCUT2D eigenvalue weighted by atomic mass is 9.99. The molecular weight excluding hydrogens is 422 g/mol. The molecule has 0 aliphatic carbocycles. The molecular formula is C24H35N5O4. The Morgan fingerprint density at radius 3 is 2.52 bits per heavy atom. The third-order valence-corrected chi connectivity index (χ3v) is 5.98. The van der Waals surface area contributed by atoms with Crippen LogP contribution in [0.25, 0.3) is 16.7 Å². The van der Waals surface area contributed by atoms with Gasteiger partial charge in [-0.2, -0.15) is 0 Å². The minimum Gasteiger partial charge on any atom is -0.493 e. The van der Waals surface area contributed by atoms with Crippen LogP contribution in [-0.2, 0) is 4.79 Å². The van der Waals surface area contributed by atoms with Crippen molar-refractivity contribution in [3.05, 3.63) is 11.9 Å². The Kier molecular flexibility index (Phi) is 8.30. The fraction of sp³-hybridized carbons (Fsp3) is 0.583. The molecule has 1 N–H and O–H groups in total. The normalized spacial score (nSPS) is 12.2. The van der Waals surface area contributed by atoms with Crippen molar-refractivity contribution in [3.8, 4) is 17.2 Å². The molecule has 2 aromatic heterocycles. The first kappa shape index (κ1) is 24.5. The molecule has 0 saturated carbocycles. The molecule has 9 nitrogen and oxygen atoms in total. The zero-order valence-corrected chi connectivity index (χ0v) is 20.5. The van der Waals surface area contributed by atoms with Gasteiger partial charge in [0, 0.05) is 25.5 Å². The van der Waals surface area contributed by atoms with Gasteiger partial charge in [0.1, 0.15) is 17.1 Å². The first-order chi connectivity index (χ1) is 15.9. The van der Waals surface area contributed by atoms with Crippen LogP contribution in [0.4, 0.5) is 5.82 Å². The molecule has 0 saturated heterocycles. The topological polar surface area (TPSA) is 99.9 Å². The van der Waals surface area contributed by atoms with Gasteiger partial charge in [-0.05, 0) is 25.7 Å². The Hall–Kier alpha value is -3.10. The van der Waals surface area contributed by atoms with Crippen LogP contribution in [0.15, 0.2) is 6.07 Å². The average molecular weight is 458 g/mol. The van der Waals surface area contributed by atoms with E-state index in [4.69, 9.17) is 19.2 Å². The number of Topliss-reactive ketones (excluding diaryl/α,β-unsaturated/α-hetero) is 1. The van der Waals surface area contributed by atoms with E-state index in [1.54, 1.807) is 21.3 Å². The van der Waals surface area contributed by atoms with Crippen LogP contribution >= 0.6 is 0 Å². The minimum atomic E-state index is 0.366. The Balaban J connectivity index is 1.77. The lowest BCUT2D eigenvalue weighted by molar-refractivity contribution is -0.120. The van der Waals surface area contributed by atoms with E-state index < -0.39 is 0 Å². The van der Waals surface area contributed by atoms with Gasteiger partial charge in [-0.3, -0.25) is 9.20 Å². The summed E-state index contributed by atoms with van der Waals surface area (Å²) in [5.74, 6) is 3.72. The Morgan fingerprint density at radius 1 is 1.09 bits per heavy atom. The number of unbranched alkanes of at least 4 members (excludes halogenated alkanes) is 2. The second-order valence-electron chi connectivity index (χ2n) is 8.37. The summed E-state index contributed by atoms with van der Waals surface area (Å²) in [5.41, 5.74) is 2.04. The smallest absolute Gasteiger partial charge is 0.205 e. The molecule has 3 rings (SSSR count). The number of carbonyl (C=O) groups excluding carboxylic acids is 1. The molecule has 3 aromatic rings. The maximum absolute atomic E-state index is 12.0. The predicted octanol–water partition coefficient (Wildman–Crippen LogP) is 4.59. The number of hydrogen-bond donors (Lipinski definition) is 1. The van der Waals surface area contributed by atoms with E-state index in [0.29, 0.717) is 58.8 Å². The van der Waals surface area contributed by atoms with Crippen LogP contribution in [0, 0.1) is 12.8 Å². The lowest BCUT2D eigenvalue weighted by Crippen LogP contribution is -2.08. The van der Waals surface area contributed by atoms with E-state index in [0.717, 1.165) is 43.6 Å². The molecule has 0 amide bonds. The van der Waals surface area contributed by atoms with Crippen LogP contribution in [0.2, 0.25) is 0 Å². The van der Waals surface area contributed by atoms with Gasteiger partial charge < -0.3 is 19.5 Å². The van der Waals surface area contributed by atoms with Crippen LogP contribution in [0.3, 0.4) is 0 Å². The lowest BCUT2D eigenvalue weighted by Gasteiger charge is -2.16. The van der Waals surface area contributed by atoms with Gasteiger partial charge in [0.15, 0.2) is 17.3 Å². The van der Waals surface area contributed by atoms with Crippen molar-refractivity contribution >= 4 is 28.3 Å². The molecule has 0 radical (unpaired) electrons. The van der Waals surface area contributed by atoms with E-state index in [1.807, 2.05) is 17.4 Å². The number of ether oxygens (including phenoxy) is 3. The number of methoxy groups -OCH3 is 3. The van der Waals surface area contributed by atoms with E-state index in [1.165, 1.54) is 0 Å². The van der Waals surface area contributed by atoms with Gasteiger partial charge in [-0.15, -0.1) is 10.2 Å². The molecule has 180 valence electrons. The average Bonchev–Trinajstić information content (AvgIpc) is 3.21. The summed E-state index contributed by atoms with van der Waals surface area (Å²) in [6.45, 7) is 6.87. The first-order valence-corrected chi connectivity index (χ1v) is 11.5. The zero-order chi connectivity index (χ0) is 24.0. The van der Waals surface area contributed by atoms with Crippen molar-refractivity contribution in [3.63, 3.8) is 0 Å². The number of ketones is 1. The largest absolute Gasteiger partial charge is 0.493 e. The van der Waals surface area contributed by atoms with Crippen molar-refractivity contribution in [2.45, 2.75) is 59.3 Å². The molecule has 0 fully saturated rings. The second-order valence-corrected chi connectivity index (χ2v) is 8.37. The number of aromatic nitrogens is 4. The molecule has 0 spiro atoms. The SMILES string of the molecule is CCC(C)CC(=O)CCCCCNc1nc2c(OC)c(OC)c(OC)cc2n2c(C)nnc12. The van der Waals surface area contributed by atoms with E-state index >= 15 is 0 Å². The van der Waals surface area contributed by atoms with Crippen molar-refractivity contribution in [1.82, 2.24) is 19.6 Å². The summed E-state index contributed by atoms with van der Waals surface area (Å²) < 4.78 is 18.6. The van der Waals surface area contributed by atoms with Crippen molar-refractivity contribution in [2.75, 3.05) is 33.2 Å². The van der Waals surface area contributed by atoms with Crippen LogP contribution < -0.4 is 19.5 Å². The highest BCUT2D eigenvalue weighted by atomic mass is 16.5. The molecule has 1 atom stereocenters. The highest BCUT2D eigenvalue weighted by molar-refractivity contribution is 5.91. The molecule has 33 heavy (non-hydrogen) atoms. The number of carbonyl (C=O) groups is 1. The number of rotatable bonds is 13. The third-order valence-electron chi connectivity index (χ3n) is 5.98. The zero-order valence-electron chi connectivity index (χ0n) is 20.5. The number of hydrogen-bond acceptors (Lipinski definition) is 8. The Bertz CT molecular complexity index is 1110. The number of nitrogens with one attached hydrogen (secondary N) is 1. The van der Waals surface area contributed by atoms with Gasteiger partial charge in [0.05, 0.1) is 26.8 Å². The van der Waals surface area contributed by atoms with E-state index in [2.05, 4.69) is 29.4 Å². The highest BCUT2D eigenvalue weighted by Crippen LogP contribution is 2.43. The third kappa shape index (κ3) is 5.29. The molecule has 2 heterocycles. The molecule has 0 aliphatic heterocycles. The summed E-state index contributed by atoms with van der Waals surface area (Å²) in [4.78, 5) is 16.8. The fourth-order valence-electron chi connectivity index (χ4n) is 3.96.